The van der Waals surface area contributed by atoms with Gasteiger partial charge in [0.1, 0.15) is 0 Å². The summed E-state index contributed by atoms with van der Waals surface area (Å²) in [6.45, 7) is 3.61. The molecule has 5 heteroatoms. The minimum Gasteiger partial charge on any atom is -0.381 e. The van der Waals surface area contributed by atoms with Crippen LogP contribution in [0.5, 0.6) is 0 Å². The smallest absolute Gasteiger partial charge is 0.0562 e. The van der Waals surface area contributed by atoms with Gasteiger partial charge in [0.05, 0.1) is 6.04 Å². The normalized spacial score (nSPS) is 19.3. The number of hydrogen-bond donors (Lipinski definition) is 1. The maximum atomic E-state index is 5.95. The molecule has 3 nitrogen and oxygen atoms in total. The number of nitrogens with zero attached hydrogens (tertiary/aromatic N) is 1. The zero-order valence-electron chi connectivity index (χ0n) is 10.8. The van der Waals surface area contributed by atoms with E-state index < -0.39 is 0 Å². The molecule has 2 heterocycles. The first-order valence-electron chi connectivity index (χ1n) is 6.42. The van der Waals surface area contributed by atoms with Crippen LogP contribution in [0.1, 0.15) is 23.8 Å². The van der Waals surface area contributed by atoms with Crippen molar-refractivity contribution in [3.05, 3.63) is 20.8 Å². The number of thiophene rings is 1. The highest BCUT2D eigenvalue weighted by Gasteiger charge is 2.22. The van der Waals surface area contributed by atoms with Crippen molar-refractivity contribution < 1.29 is 4.74 Å². The van der Waals surface area contributed by atoms with E-state index in [4.69, 9.17) is 10.5 Å². The van der Waals surface area contributed by atoms with Crippen molar-refractivity contribution in [1.29, 1.82) is 0 Å². The molecule has 1 aromatic heterocycles. The molecule has 1 unspecified atom stereocenters. The molecular weight excluding hydrogens is 312 g/mol. The Morgan fingerprint density at radius 2 is 2.28 bits per heavy atom. The van der Waals surface area contributed by atoms with Crippen molar-refractivity contribution in [3.8, 4) is 0 Å². The van der Waals surface area contributed by atoms with E-state index >= 15 is 0 Å². The van der Waals surface area contributed by atoms with Gasteiger partial charge in [0.2, 0.25) is 0 Å². The topological polar surface area (TPSA) is 38.5 Å². The molecule has 0 aromatic carbocycles. The molecule has 0 radical (unpaired) electrons. The van der Waals surface area contributed by atoms with Crippen molar-refractivity contribution >= 4 is 27.3 Å². The highest BCUT2D eigenvalue weighted by atomic mass is 79.9. The molecule has 0 bridgehead atoms. The molecule has 102 valence electrons. The van der Waals surface area contributed by atoms with Gasteiger partial charge < -0.3 is 10.5 Å². The Morgan fingerprint density at radius 1 is 1.56 bits per heavy atom. The summed E-state index contributed by atoms with van der Waals surface area (Å²) in [6, 6.07) is 2.52. The number of nitrogens with two attached hydrogens (primary N) is 1. The van der Waals surface area contributed by atoms with Gasteiger partial charge in [-0.3, -0.25) is 4.90 Å². The predicted molar refractivity (Wildman–Crippen MR) is 80.0 cm³/mol. The molecule has 0 saturated carbocycles. The van der Waals surface area contributed by atoms with Gasteiger partial charge in [0, 0.05) is 41.0 Å². The number of halogens is 1. The van der Waals surface area contributed by atoms with E-state index in [0.717, 1.165) is 30.1 Å². The zero-order valence-corrected chi connectivity index (χ0v) is 13.2. The van der Waals surface area contributed by atoms with Gasteiger partial charge in [0.15, 0.2) is 0 Å². The Balaban J connectivity index is 1.94. The molecule has 1 aromatic rings. The van der Waals surface area contributed by atoms with Crippen molar-refractivity contribution in [1.82, 2.24) is 4.90 Å². The van der Waals surface area contributed by atoms with Crippen LogP contribution in [0.25, 0.3) is 0 Å². The fourth-order valence-corrected chi connectivity index (χ4v) is 4.10. The van der Waals surface area contributed by atoms with Gasteiger partial charge in [-0.1, -0.05) is 0 Å². The highest BCUT2D eigenvalue weighted by molar-refractivity contribution is 9.10. The lowest BCUT2D eigenvalue weighted by Crippen LogP contribution is -2.35. The number of likely N-dealkylation sites (N-methyl/N-ethyl adjacent to an activating group) is 1. The summed E-state index contributed by atoms with van der Waals surface area (Å²) in [5.74, 6) is 0.751. The van der Waals surface area contributed by atoms with Crippen LogP contribution < -0.4 is 5.73 Å². The van der Waals surface area contributed by atoms with E-state index in [1.165, 1.54) is 17.7 Å². The van der Waals surface area contributed by atoms with Crippen LogP contribution in [0.2, 0.25) is 0 Å². The average molecular weight is 333 g/mol. The lowest BCUT2D eigenvalue weighted by molar-refractivity contribution is 0.0509. The zero-order chi connectivity index (χ0) is 13.0. The van der Waals surface area contributed by atoms with Crippen LogP contribution >= 0.6 is 27.3 Å². The molecule has 2 rings (SSSR count). The summed E-state index contributed by atoms with van der Waals surface area (Å²) in [4.78, 5) is 3.74. The third-order valence-electron chi connectivity index (χ3n) is 3.56. The Kier molecular flexibility index (Phi) is 5.63. The maximum Gasteiger partial charge on any atom is 0.0562 e. The molecule has 1 saturated heterocycles. The predicted octanol–water partition coefficient (Wildman–Crippen LogP) is 2.87. The van der Waals surface area contributed by atoms with Crippen molar-refractivity contribution in [2.75, 3.05) is 33.4 Å². The molecule has 1 aliphatic rings. The second-order valence-corrected chi connectivity index (χ2v) is 6.77. The highest BCUT2D eigenvalue weighted by Crippen LogP contribution is 2.29. The molecule has 1 fully saturated rings. The maximum absolute atomic E-state index is 5.95. The van der Waals surface area contributed by atoms with Crippen molar-refractivity contribution in [3.63, 3.8) is 0 Å². The number of rotatable bonds is 5. The summed E-state index contributed by atoms with van der Waals surface area (Å²) >= 11 is 5.29. The van der Waals surface area contributed by atoms with Crippen molar-refractivity contribution in [2.24, 2.45) is 11.7 Å². The SMILES string of the molecule is CN(CC1CCOCC1)C(CN)c1cc(Br)cs1. The van der Waals surface area contributed by atoms with Gasteiger partial charge in [-0.05, 0) is 47.8 Å². The van der Waals surface area contributed by atoms with Crippen LogP contribution in [0.3, 0.4) is 0 Å². The van der Waals surface area contributed by atoms with E-state index in [2.05, 4.69) is 39.3 Å². The molecule has 0 amide bonds. The Labute approximate surface area is 121 Å². The summed E-state index contributed by atoms with van der Waals surface area (Å²) in [6.07, 6.45) is 2.35. The lowest BCUT2D eigenvalue weighted by Gasteiger charge is -2.31. The van der Waals surface area contributed by atoms with E-state index in [1.54, 1.807) is 11.3 Å². The summed E-state index contributed by atoms with van der Waals surface area (Å²) in [7, 11) is 2.18. The molecule has 0 spiro atoms. The average Bonchev–Trinajstić information content (AvgIpc) is 2.78. The minimum absolute atomic E-state index is 0.337. The van der Waals surface area contributed by atoms with Crippen LogP contribution in [-0.4, -0.2) is 38.3 Å². The quantitative estimate of drug-likeness (QED) is 0.900. The minimum atomic E-state index is 0.337. The molecular formula is C13H21BrN2OS. The second kappa shape index (κ2) is 7.01. The fourth-order valence-electron chi connectivity index (χ4n) is 2.48. The van der Waals surface area contributed by atoms with Crippen LogP contribution in [-0.2, 0) is 4.74 Å². The Bertz CT molecular complexity index is 366. The fraction of sp³-hybridized carbons (Fsp3) is 0.692. The van der Waals surface area contributed by atoms with E-state index in [1.807, 2.05) is 0 Å². The summed E-state index contributed by atoms with van der Waals surface area (Å²) < 4.78 is 6.56. The monoisotopic (exact) mass is 332 g/mol. The van der Waals surface area contributed by atoms with Gasteiger partial charge in [-0.15, -0.1) is 11.3 Å². The van der Waals surface area contributed by atoms with Gasteiger partial charge in [-0.2, -0.15) is 0 Å². The molecule has 0 aliphatic carbocycles. The van der Waals surface area contributed by atoms with Gasteiger partial charge in [0.25, 0.3) is 0 Å². The van der Waals surface area contributed by atoms with Crippen LogP contribution in [0, 0.1) is 5.92 Å². The molecule has 18 heavy (non-hydrogen) atoms. The van der Waals surface area contributed by atoms with E-state index in [9.17, 15) is 0 Å². The molecule has 1 atom stereocenters. The van der Waals surface area contributed by atoms with E-state index in [0.29, 0.717) is 12.6 Å². The lowest BCUT2D eigenvalue weighted by atomic mass is 9.99. The summed E-state index contributed by atoms with van der Waals surface area (Å²) in [5.41, 5.74) is 5.95. The third-order valence-corrected chi connectivity index (χ3v) is 5.35. The van der Waals surface area contributed by atoms with Crippen LogP contribution in [0.4, 0.5) is 0 Å². The number of ether oxygens (including phenoxy) is 1. The number of hydrogen-bond acceptors (Lipinski definition) is 4. The molecule has 2 N–H and O–H groups in total. The third kappa shape index (κ3) is 3.78. The Morgan fingerprint density at radius 3 is 2.83 bits per heavy atom. The molecule has 1 aliphatic heterocycles. The standard InChI is InChI=1S/C13H21BrN2OS/c1-16(8-10-2-4-17-5-3-10)12(7-15)13-6-11(14)9-18-13/h6,9-10,12H,2-5,7-8,15H2,1H3. The van der Waals surface area contributed by atoms with Gasteiger partial charge in [-0.25, -0.2) is 0 Å². The first-order chi connectivity index (χ1) is 8.70. The van der Waals surface area contributed by atoms with Gasteiger partial charge >= 0.3 is 0 Å². The summed E-state index contributed by atoms with van der Waals surface area (Å²) in [5, 5.41) is 2.13. The Hall–Kier alpha value is 0.0600. The van der Waals surface area contributed by atoms with Crippen molar-refractivity contribution in [2.45, 2.75) is 18.9 Å². The first-order valence-corrected chi connectivity index (χ1v) is 8.10. The second-order valence-electron chi connectivity index (χ2n) is 4.91. The first kappa shape index (κ1) is 14.5. The largest absolute Gasteiger partial charge is 0.381 e. The van der Waals surface area contributed by atoms with E-state index in [-0.39, 0.29) is 0 Å². The van der Waals surface area contributed by atoms with Crippen LogP contribution in [0.15, 0.2) is 15.9 Å².